The van der Waals surface area contributed by atoms with E-state index in [1.807, 2.05) is 0 Å². The predicted octanol–water partition coefficient (Wildman–Crippen LogP) is 8.09. The molecule has 0 aliphatic carbocycles. The van der Waals surface area contributed by atoms with Gasteiger partial charge in [-0.15, -0.1) is 0 Å². The average molecular weight is 792 g/mol. The first-order valence-corrected chi connectivity index (χ1v) is 23.3. The second kappa shape index (κ2) is 10.3. The van der Waals surface area contributed by atoms with Crippen LogP contribution in [0.5, 0.6) is 0 Å². The van der Waals surface area contributed by atoms with E-state index in [9.17, 15) is 0 Å². The number of fused-ring (bicyclic) bond motifs is 9. The molecule has 8 aromatic carbocycles. The zero-order valence-corrected chi connectivity index (χ0v) is 33.8. The van der Waals surface area contributed by atoms with Crippen molar-refractivity contribution in [3.63, 3.8) is 0 Å². The van der Waals surface area contributed by atoms with Crippen molar-refractivity contribution in [3.05, 3.63) is 212 Å². The van der Waals surface area contributed by atoms with Crippen LogP contribution in [0.15, 0.2) is 201 Å². The Morgan fingerprint density at radius 3 is 1.51 bits per heavy atom. The fourth-order valence-corrected chi connectivity index (χ4v) is 18.1. The lowest BCUT2D eigenvalue weighted by Crippen LogP contribution is -2.84. The number of para-hydroxylation sites is 3. The van der Waals surface area contributed by atoms with Gasteiger partial charge in [0, 0.05) is 44.1 Å². The van der Waals surface area contributed by atoms with Crippen LogP contribution in [0.1, 0.15) is 11.1 Å². The first-order valence-electron chi connectivity index (χ1n) is 21.3. The van der Waals surface area contributed by atoms with Crippen molar-refractivity contribution >= 4 is 105 Å². The third kappa shape index (κ3) is 3.22. The molecule has 280 valence electrons. The molecule has 0 N–H and O–H groups in total. The first-order chi connectivity index (χ1) is 30.3. The van der Waals surface area contributed by atoms with Gasteiger partial charge in [0.25, 0.3) is 11.3 Å². The Morgan fingerprint density at radius 2 is 0.885 bits per heavy atom. The first kappa shape index (κ1) is 31.2. The number of benzene rings is 8. The molecule has 0 bridgehead atoms. The van der Waals surface area contributed by atoms with E-state index in [1.165, 1.54) is 114 Å². The van der Waals surface area contributed by atoms with Crippen LogP contribution in [-0.2, 0) is 5.66 Å². The van der Waals surface area contributed by atoms with Gasteiger partial charge in [-0.05, 0) is 51.1 Å². The van der Waals surface area contributed by atoms with Crippen molar-refractivity contribution < 1.29 is 9.13 Å². The summed E-state index contributed by atoms with van der Waals surface area (Å²) in [6, 6.07) is 66.7. The summed E-state index contributed by atoms with van der Waals surface area (Å²) in [6.07, 6.45) is 9.41. The fourth-order valence-electron chi connectivity index (χ4n) is 12.9. The summed E-state index contributed by atoms with van der Waals surface area (Å²) >= 11 is 0. The third-order valence-electron chi connectivity index (χ3n) is 14.9. The second-order valence-corrected chi connectivity index (χ2v) is 21.0. The standard InChI is InChI=1S/C55H33N5Si/c1-4-14-34(15-5-1)60-44-23-13-11-21-38(44)41-32-42-40-25-27-48-52-50(40)54-57(45(42)33-46(41)60)29-31-59(54)55(52)51-47(61(48,35-16-6-2-7-17-35)36-18-8-3-9-19-36)26-24-39-37-20-10-12-22-43(37)56-28-30-58(55)53(56)49(39)51/h1-33H/q+2. The molecule has 5 aromatic heterocycles. The molecule has 1 spiro atoms. The summed E-state index contributed by atoms with van der Waals surface area (Å²) in [7, 11) is -2.95. The van der Waals surface area contributed by atoms with E-state index >= 15 is 0 Å². The van der Waals surface area contributed by atoms with Crippen molar-refractivity contribution in [2.75, 3.05) is 0 Å². The van der Waals surface area contributed by atoms with E-state index in [0.29, 0.717) is 0 Å². The fraction of sp³-hybridized carbons (Fsp3) is 0.0182. The van der Waals surface area contributed by atoms with Gasteiger partial charge in [-0.25, -0.2) is 0 Å². The SMILES string of the molecule is c1ccc(-n2c3ccccc3c3cc4c5ccc6c7c5c5n(cc[n+]5C75c7c(ccc8c9ccccc9n9cc[n+]5c9c78)[Si]6(c5ccccc5)c5ccccc5)c4cc32)cc1. The molecule has 0 radical (unpaired) electrons. The maximum absolute atomic E-state index is 2.95. The van der Waals surface area contributed by atoms with Gasteiger partial charge in [-0.3, -0.25) is 0 Å². The highest BCUT2D eigenvalue weighted by Crippen LogP contribution is 2.50. The summed E-state index contributed by atoms with van der Waals surface area (Å²) < 4.78 is 12.7. The van der Waals surface area contributed by atoms with Gasteiger partial charge in [0.15, 0.2) is 8.07 Å². The van der Waals surface area contributed by atoms with Crippen LogP contribution in [-0.4, -0.2) is 21.4 Å². The summed E-state index contributed by atoms with van der Waals surface area (Å²) in [5, 5.41) is 16.2. The van der Waals surface area contributed by atoms with Crippen molar-refractivity contribution in [1.82, 2.24) is 13.4 Å². The molecule has 5 nitrogen and oxygen atoms in total. The number of imidazole rings is 2. The lowest BCUT2D eigenvalue weighted by Gasteiger charge is -2.43. The summed E-state index contributed by atoms with van der Waals surface area (Å²) in [5.74, 6) is 0. The number of hydrogen-bond acceptors (Lipinski definition) is 0. The van der Waals surface area contributed by atoms with E-state index in [4.69, 9.17) is 0 Å². The maximum Gasteiger partial charge on any atom is 0.308 e. The minimum atomic E-state index is -2.95. The minimum Gasteiger partial charge on any atom is -0.309 e. The Morgan fingerprint density at radius 1 is 0.393 bits per heavy atom. The van der Waals surface area contributed by atoms with Gasteiger partial charge in [0.2, 0.25) is 0 Å². The Hall–Kier alpha value is -7.80. The number of aromatic nitrogens is 5. The lowest BCUT2D eigenvalue weighted by molar-refractivity contribution is -0.944. The van der Waals surface area contributed by atoms with Gasteiger partial charge < -0.3 is 4.57 Å². The van der Waals surface area contributed by atoms with Crippen LogP contribution in [0.25, 0.3) is 82.1 Å². The molecule has 16 rings (SSSR count). The molecule has 1 unspecified atom stereocenters. The summed E-state index contributed by atoms with van der Waals surface area (Å²) in [6.45, 7) is 0. The smallest absolute Gasteiger partial charge is 0.308 e. The molecule has 3 aliphatic rings. The number of pyridine rings is 2. The Labute approximate surface area is 349 Å². The van der Waals surface area contributed by atoms with Gasteiger partial charge in [0.1, 0.15) is 35.8 Å². The second-order valence-electron chi connectivity index (χ2n) is 17.3. The van der Waals surface area contributed by atoms with Gasteiger partial charge in [-0.1, -0.05) is 140 Å². The number of hydrogen-bond donors (Lipinski definition) is 0. The van der Waals surface area contributed by atoms with Crippen molar-refractivity contribution in [1.29, 1.82) is 0 Å². The summed E-state index contributed by atoms with van der Waals surface area (Å²) in [4.78, 5) is 0. The third-order valence-corrected chi connectivity index (χ3v) is 19.8. The molecule has 6 heteroatoms. The zero-order valence-electron chi connectivity index (χ0n) is 32.8. The van der Waals surface area contributed by atoms with Crippen LogP contribution in [0.4, 0.5) is 0 Å². The Bertz CT molecular complexity index is 4120. The van der Waals surface area contributed by atoms with Crippen LogP contribution < -0.4 is 29.9 Å². The van der Waals surface area contributed by atoms with Gasteiger partial charge in [0.05, 0.1) is 32.9 Å². The highest BCUT2D eigenvalue weighted by Gasteiger charge is 2.68. The van der Waals surface area contributed by atoms with Gasteiger partial charge >= 0.3 is 5.66 Å². The van der Waals surface area contributed by atoms with E-state index < -0.39 is 13.7 Å². The molecule has 13 aromatic rings. The van der Waals surface area contributed by atoms with E-state index in [0.717, 1.165) is 0 Å². The van der Waals surface area contributed by atoms with Crippen LogP contribution in [0, 0.1) is 0 Å². The quantitative estimate of drug-likeness (QED) is 0.0982. The molecule has 3 aliphatic heterocycles. The molecule has 0 fully saturated rings. The molecule has 8 heterocycles. The van der Waals surface area contributed by atoms with Gasteiger partial charge in [-0.2, -0.15) is 17.9 Å². The van der Waals surface area contributed by atoms with E-state index in [-0.39, 0.29) is 0 Å². The minimum absolute atomic E-state index is 0.627. The molecule has 61 heavy (non-hydrogen) atoms. The molecule has 0 saturated heterocycles. The van der Waals surface area contributed by atoms with Crippen LogP contribution in [0.3, 0.4) is 0 Å². The highest BCUT2D eigenvalue weighted by molar-refractivity contribution is 7.20. The number of nitrogens with zero attached hydrogens (tertiary/aromatic N) is 5. The van der Waals surface area contributed by atoms with Crippen molar-refractivity contribution in [2.45, 2.75) is 5.66 Å². The normalized spacial score (nSPS) is 16.7. The largest absolute Gasteiger partial charge is 0.309 e. The topological polar surface area (TPSA) is 21.5 Å². The Balaban J connectivity index is 1.16. The zero-order chi connectivity index (χ0) is 39.3. The predicted molar refractivity (Wildman–Crippen MR) is 248 cm³/mol. The van der Waals surface area contributed by atoms with Crippen molar-refractivity contribution in [3.8, 4) is 5.69 Å². The Kier molecular flexibility index (Phi) is 5.27. The summed E-state index contributed by atoms with van der Waals surface area (Å²) in [5.41, 5.74) is 10.8. The van der Waals surface area contributed by atoms with E-state index in [1.54, 1.807) is 0 Å². The monoisotopic (exact) mass is 791 g/mol. The number of rotatable bonds is 3. The molecule has 0 saturated carbocycles. The average Bonchev–Trinajstić information content (AvgIpc) is 4.15. The molecular weight excluding hydrogens is 759 g/mol. The van der Waals surface area contributed by atoms with Crippen LogP contribution in [0.2, 0.25) is 0 Å². The highest BCUT2D eigenvalue weighted by atomic mass is 28.3. The lowest BCUT2D eigenvalue weighted by atomic mass is 9.87. The molecular formula is C55H33N5Si+2. The van der Waals surface area contributed by atoms with Crippen LogP contribution >= 0.6 is 0 Å². The van der Waals surface area contributed by atoms with E-state index in [2.05, 4.69) is 223 Å². The molecule has 0 amide bonds. The van der Waals surface area contributed by atoms with Crippen molar-refractivity contribution in [2.24, 2.45) is 0 Å². The maximum atomic E-state index is 2.65. The molecule has 1 atom stereocenters.